The number of rotatable bonds is 8. The maximum Gasteiger partial charge on any atom is 0.138 e. The zero-order valence-electron chi connectivity index (χ0n) is 31.7. The van der Waals surface area contributed by atoms with Crippen molar-refractivity contribution >= 4 is 27.4 Å². The second-order valence-corrected chi connectivity index (χ2v) is 14.5. The summed E-state index contributed by atoms with van der Waals surface area (Å²) in [7, 11) is 0. The third-order valence-electron chi connectivity index (χ3n) is 11.5. The molecule has 6 aromatic carbocycles. The van der Waals surface area contributed by atoms with E-state index in [4.69, 9.17) is 4.98 Å². The van der Waals surface area contributed by atoms with Crippen molar-refractivity contribution < 1.29 is 0 Å². The number of para-hydroxylation sites is 1. The highest BCUT2D eigenvalue weighted by atomic mass is 15.1. The summed E-state index contributed by atoms with van der Waals surface area (Å²) in [5.41, 5.74) is 15.8. The van der Waals surface area contributed by atoms with Crippen molar-refractivity contribution in [1.82, 2.24) is 14.5 Å². The molecular weight excluding hydrogens is 691 g/mol. The molecule has 0 saturated carbocycles. The van der Waals surface area contributed by atoms with Gasteiger partial charge in [0.15, 0.2) is 0 Å². The van der Waals surface area contributed by atoms with Crippen LogP contribution < -0.4 is 0 Å². The average molecular weight is 730 g/mol. The minimum Gasteiger partial charge on any atom is -0.294 e. The summed E-state index contributed by atoms with van der Waals surface area (Å²) >= 11 is 0. The number of nitrogens with zero attached hydrogens (tertiary/aromatic N) is 3. The fourth-order valence-electron chi connectivity index (χ4n) is 9.14. The Hall–Kier alpha value is -7.36. The van der Waals surface area contributed by atoms with Gasteiger partial charge in [0.05, 0.1) is 22.1 Å². The number of fused-ring (bicyclic) bond motifs is 6. The normalized spacial score (nSPS) is 14.9. The Morgan fingerprint density at radius 3 is 2.07 bits per heavy atom. The third-order valence-corrected chi connectivity index (χ3v) is 11.5. The zero-order chi connectivity index (χ0) is 38.3. The van der Waals surface area contributed by atoms with Crippen LogP contribution in [0.2, 0.25) is 0 Å². The Morgan fingerprint density at radius 1 is 0.579 bits per heavy atom. The van der Waals surface area contributed by atoms with Gasteiger partial charge in [-0.1, -0.05) is 158 Å². The fourth-order valence-corrected chi connectivity index (χ4v) is 9.14. The van der Waals surface area contributed by atoms with E-state index in [2.05, 4.69) is 192 Å². The van der Waals surface area contributed by atoms with Gasteiger partial charge in [-0.05, 0) is 111 Å². The Morgan fingerprint density at radius 2 is 1.26 bits per heavy atom. The van der Waals surface area contributed by atoms with Gasteiger partial charge in [-0.3, -0.25) is 9.55 Å². The predicted octanol–water partition coefficient (Wildman–Crippen LogP) is 13.4. The van der Waals surface area contributed by atoms with Gasteiger partial charge in [0, 0.05) is 23.2 Å². The molecule has 1 atom stereocenters. The zero-order valence-corrected chi connectivity index (χ0v) is 31.7. The fraction of sp³-hybridized carbons (Fsp3) is 0.0370. The maximum atomic E-state index is 5.36. The van der Waals surface area contributed by atoms with Crippen LogP contribution in [0, 0.1) is 0 Å². The minimum absolute atomic E-state index is 0.495. The van der Waals surface area contributed by atoms with Crippen LogP contribution in [-0.4, -0.2) is 14.5 Å². The maximum absolute atomic E-state index is 5.36. The van der Waals surface area contributed by atoms with E-state index in [9.17, 15) is 0 Å². The molecule has 3 heterocycles. The first-order valence-corrected chi connectivity index (χ1v) is 19.5. The highest BCUT2D eigenvalue weighted by Crippen LogP contribution is 2.58. The van der Waals surface area contributed by atoms with Crippen LogP contribution in [-0.2, 0) is 5.41 Å². The second-order valence-electron chi connectivity index (χ2n) is 14.5. The van der Waals surface area contributed by atoms with Gasteiger partial charge in [0.2, 0.25) is 0 Å². The SMILES string of the molecule is C=C/C=C(\C=C/C)c1cc(-c2ccccc2)cc(-n2c3ccccc3c3cc(-c4cccc5c4-c4ccccc4C5(c4ccccc4)c4ccncc4)ccc32)n1. The highest BCUT2D eigenvalue weighted by molar-refractivity contribution is 6.11. The Labute approximate surface area is 333 Å². The molecule has 10 rings (SSSR count). The van der Waals surface area contributed by atoms with Gasteiger partial charge >= 0.3 is 0 Å². The van der Waals surface area contributed by atoms with E-state index in [1.165, 1.54) is 55.3 Å². The highest BCUT2D eigenvalue weighted by Gasteiger charge is 2.46. The third kappa shape index (κ3) is 5.43. The van der Waals surface area contributed by atoms with Crippen LogP contribution in [0.3, 0.4) is 0 Å². The second kappa shape index (κ2) is 14.1. The van der Waals surface area contributed by atoms with E-state index in [1.807, 2.05) is 37.5 Å². The van der Waals surface area contributed by atoms with Crippen LogP contribution in [0.5, 0.6) is 0 Å². The van der Waals surface area contributed by atoms with E-state index >= 15 is 0 Å². The molecule has 0 bridgehead atoms. The number of pyridine rings is 2. The van der Waals surface area contributed by atoms with Crippen LogP contribution in [0.15, 0.2) is 213 Å². The summed E-state index contributed by atoms with van der Waals surface area (Å²) in [5.74, 6) is 0.865. The summed E-state index contributed by atoms with van der Waals surface area (Å²) in [5, 5.41) is 2.36. The quantitative estimate of drug-likeness (QED) is 0.146. The van der Waals surface area contributed by atoms with E-state index < -0.39 is 5.41 Å². The molecule has 0 amide bonds. The molecule has 1 aliphatic rings. The topological polar surface area (TPSA) is 30.7 Å². The Kier molecular flexibility index (Phi) is 8.42. The largest absolute Gasteiger partial charge is 0.294 e. The minimum atomic E-state index is -0.495. The van der Waals surface area contributed by atoms with E-state index in [-0.39, 0.29) is 0 Å². The molecule has 3 aromatic heterocycles. The first-order valence-electron chi connectivity index (χ1n) is 19.5. The molecule has 1 unspecified atom stereocenters. The molecule has 0 radical (unpaired) electrons. The lowest BCUT2D eigenvalue weighted by Crippen LogP contribution is -2.28. The van der Waals surface area contributed by atoms with Crippen molar-refractivity contribution in [2.24, 2.45) is 0 Å². The lowest BCUT2D eigenvalue weighted by molar-refractivity contribution is 0.766. The summed E-state index contributed by atoms with van der Waals surface area (Å²) in [4.78, 5) is 9.79. The van der Waals surface area contributed by atoms with Crippen molar-refractivity contribution in [3.05, 3.63) is 241 Å². The smallest absolute Gasteiger partial charge is 0.138 e. The first-order chi connectivity index (χ1) is 28.2. The Bertz CT molecular complexity index is 2990. The first kappa shape index (κ1) is 34.2. The summed E-state index contributed by atoms with van der Waals surface area (Å²) in [6, 6.07) is 61.6. The molecule has 3 heteroatoms. The lowest BCUT2D eigenvalue weighted by atomic mass is 9.68. The molecule has 1 aliphatic carbocycles. The standard InChI is InChI=1S/C54H39N3/c1-3-16-38(17-4-2)49-35-40(37-18-7-5-8-19-37)36-52(56-49)57-50-27-14-12-22-44(50)46-34-39(28-29-51(46)57)43-24-15-26-48-53(43)45-23-11-13-25-47(45)54(48,41-20-9-6-10-21-41)42-30-32-55-33-31-42/h3-36H,1H2,2H3/b17-4-,38-16+. The van der Waals surface area contributed by atoms with E-state index in [0.717, 1.165) is 39.2 Å². The van der Waals surface area contributed by atoms with Gasteiger partial charge in [0.1, 0.15) is 5.82 Å². The van der Waals surface area contributed by atoms with Crippen molar-refractivity contribution in [3.63, 3.8) is 0 Å². The monoisotopic (exact) mass is 729 g/mol. The summed E-state index contributed by atoms with van der Waals surface area (Å²) in [6.07, 6.45) is 11.8. The number of hydrogen-bond donors (Lipinski definition) is 0. The number of hydrogen-bond acceptors (Lipinski definition) is 2. The van der Waals surface area contributed by atoms with Crippen molar-refractivity contribution in [1.29, 1.82) is 0 Å². The molecule has 57 heavy (non-hydrogen) atoms. The molecular formula is C54H39N3. The van der Waals surface area contributed by atoms with Gasteiger partial charge < -0.3 is 0 Å². The van der Waals surface area contributed by atoms with Gasteiger partial charge in [-0.15, -0.1) is 0 Å². The molecule has 9 aromatic rings. The molecule has 0 aliphatic heterocycles. The molecule has 0 N–H and O–H groups in total. The van der Waals surface area contributed by atoms with Crippen LogP contribution >= 0.6 is 0 Å². The van der Waals surface area contributed by atoms with Crippen LogP contribution in [0.4, 0.5) is 0 Å². The van der Waals surface area contributed by atoms with Gasteiger partial charge in [0.25, 0.3) is 0 Å². The van der Waals surface area contributed by atoms with Crippen molar-refractivity contribution in [2.45, 2.75) is 12.3 Å². The average Bonchev–Trinajstić information content (AvgIpc) is 3.78. The van der Waals surface area contributed by atoms with Crippen LogP contribution in [0.25, 0.3) is 66.6 Å². The summed E-state index contributed by atoms with van der Waals surface area (Å²) < 4.78 is 2.32. The molecule has 0 spiro atoms. The number of allylic oxidation sites excluding steroid dienone is 5. The van der Waals surface area contributed by atoms with E-state index in [1.54, 1.807) is 0 Å². The number of benzene rings is 6. The molecule has 270 valence electrons. The summed E-state index contributed by atoms with van der Waals surface area (Å²) in [6.45, 7) is 6.04. The van der Waals surface area contributed by atoms with Crippen molar-refractivity contribution in [2.75, 3.05) is 0 Å². The molecule has 0 saturated heterocycles. The predicted molar refractivity (Wildman–Crippen MR) is 238 cm³/mol. The lowest BCUT2D eigenvalue weighted by Gasteiger charge is -2.33. The van der Waals surface area contributed by atoms with Gasteiger partial charge in [-0.2, -0.15) is 0 Å². The Balaban J connectivity index is 1.22. The van der Waals surface area contributed by atoms with E-state index in [0.29, 0.717) is 0 Å². The van der Waals surface area contributed by atoms with Gasteiger partial charge in [-0.25, -0.2) is 4.98 Å². The van der Waals surface area contributed by atoms with Crippen LogP contribution in [0.1, 0.15) is 34.9 Å². The molecule has 0 fully saturated rings. The number of aromatic nitrogens is 3. The molecule has 3 nitrogen and oxygen atoms in total. The van der Waals surface area contributed by atoms with Crippen molar-refractivity contribution in [3.8, 4) is 39.2 Å².